The van der Waals surface area contributed by atoms with Gasteiger partial charge in [-0.2, -0.15) is 0 Å². The third kappa shape index (κ3) is 5.91. The minimum atomic E-state index is -3.55. The predicted octanol–water partition coefficient (Wildman–Crippen LogP) is 4.70. The normalized spacial score (nSPS) is 11.3. The number of halogens is 2. The smallest absolute Gasteiger partial charge is 0.232 e. The van der Waals surface area contributed by atoms with Crippen LogP contribution in [0.1, 0.15) is 12.8 Å². The number of carbonyl (C=O) groups excluding carboxylic acids is 1. The van der Waals surface area contributed by atoms with Crippen LogP contribution >= 0.6 is 34.5 Å². The molecule has 0 unspecified atom stereocenters. The Morgan fingerprint density at radius 3 is 2.50 bits per heavy atom. The molecular formula is C19H18Cl2N4O3S2. The average molecular weight is 485 g/mol. The number of carbonyl (C=O) groups is 1. The molecular weight excluding hydrogens is 467 g/mol. The number of aromatic nitrogens is 2. The molecule has 0 saturated carbocycles. The zero-order chi connectivity index (χ0) is 21.7. The summed E-state index contributed by atoms with van der Waals surface area (Å²) in [7, 11) is -3.55. The molecule has 3 aromatic rings. The molecule has 1 heterocycles. The van der Waals surface area contributed by atoms with Gasteiger partial charge in [-0.15, -0.1) is 10.2 Å². The zero-order valence-electron chi connectivity index (χ0n) is 15.9. The lowest BCUT2D eigenvalue weighted by Crippen LogP contribution is -2.31. The third-order valence-corrected chi connectivity index (χ3v) is 6.87. The molecule has 0 bridgehead atoms. The Labute approximate surface area is 188 Å². The molecule has 11 heteroatoms. The lowest BCUT2D eigenvalue weighted by atomic mass is 10.2. The zero-order valence-corrected chi connectivity index (χ0v) is 19.0. The fourth-order valence-corrected chi connectivity index (χ4v) is 4.68. The van der Waals surface area contributed by atoms with Crippen molar-refractivity contribution in [1.82, 2.24) is 10.2 Å². The lowest BCUT2D eigenvalue weighted by molar-refractivity contribution is -0.116. The third-order valence-electron chi connectivity index (χ3n) is 4.05. The molecule has 0 aliphatic carbocycles. The van der Waals surface area contributed by atoms with Gasteiger partial charge in [0.15, 0.2) is 0 Å². The van der Waals surface area contributed by atoms with Crippen molar-refractivity contribution in [3.63, 3.8) is 0 Å². The summed E-state index contributed by atoms with van der Waals surface area (Å²) in [5.41, 5.74) is 1.31. The Balaban J connectivity index is 1.58. The number of benzene rings is 2. The topological polar surface area (TPSA) is 92.3 Å². The van der Waals surface area contributed by atoms with Crippen molar-refractivity contribution < 1.29 is 13.2 Å². The molecule has 7 nitrogen and oxygen atoms in total. The molecule has 0 aliphatic heterocycles. The molecule has 0 radical (unpaired) electrons. The SMILES string of the molecule is CS(=O)(=O)N(CCCC(=O)Nc1nnc(-c2ccccc2)s1)c1ccc(Cl)c(Cl)c1. The Morgan fingerprint density at radius 2 is 1.83 bits per heavy atom. The number of anilines is 2. The Bertz CT molecular complexity index is 1140. The van der Waals surface area contributed by atoms with Gasteiger partial charge in [0, 0.05) is 18.5 Å². The second-order valence-corrected chi connectivity index (χ2v) is 10.1. The van der Waals surface area contributed by atoms with Gasteiger partial charge in [-0.3, -0.25) is 9.10 Å². The molecule has 30 heavy (non-hydrogen) atoms. The van der Waals surface area contributed by atoms with Crippen LogP contribution in [0.25, 0.3) is 10.6 Å². The standard InChI is InChI=1S/C19H18Cl2N4O3S2/c1-30(27,28)25(14-9-10-15(20)16(21)12-14)11-5-8-17(26)22-19-24-23-18(29-19)13-6-3-2-4-7-13/h2-4,6-7,9-10,12H,5,8,11H2,1H3,(H,22,24,26). The maximum absolute atomic E-state index is 12.2. The summed E-state index contributed by atoms with van der Waals surface area (Å²) in [5.74, 6) is -0.270. The molecule has 2 aromatic carbocycles. The van der Waals surface area contributed by atoms with E-state index in [1.807, 2.05) is 30.3 Å². The summed E-state index contributed by atoms with van der Waals surface area (Å²) >= 11 is 13.2. The van der Waals surface area contributed by atoms with Gasteiger partial charge in [-0.1, -0.05) is 64.9 Å². The van der Waals surface area contributed by atoms with E-state index in [1.54, 1.807) is 6.07 Å². The minimum Gasteiger partial charge on any atom is -0.301 e. The first-order chi connectivity index (χ1) is 14.2. The molecule has 0 fully saturated rings. The highest BCUT2D eigenvalue weighted by atomic mass is 35.5. The lowest BCUT2D eigenvalue weighted by Gasteiger charge is -2.22. The van der Waals surface area contributed by atoms with Crippen molar-refractivity contribution in [3.8, 4) is 10.6 Å². The molecule has 0 saturated heterocycles. The average Bonchev–Trinajstić information content (AvgIpc) is 3.16. The van der Waals surface area contributed by atoms with Gasteiger partial charge in [0.25, 0.3) is 0 Å². The van der Waals surface area contributed by atoms with E-state index in [4.69, 9.17) is 23.2 Å². The summed E-state index contributed by atoms with van der Waals surface area (Å²) in [6, 6.07) is 14.1. The Morgan fingerprint density at radius 1 is 1.10 bits per heavy atom. The predicted molar refractivity (Wildman–Crippen MR) is 122 cm³/mol. The van der Waals surface area contributed by atoms with E-state index < -0.39 is 10.0 Å². The molecule has 0 atom stereocenters. The molecule has 3 rings (SSSR count). The second kappa shape index (κ2) is 9.74. The molecule has 1 N–H and O–H groups in total. The quantitative estimate of drug-likeness (QED) is 0.500. The number of hydrogen-bond donors (Lipinski definition) is 1. The van der Waals surface area contributed by atoms with Gasteiger partial charge >= 0.3 is 0 Å². The van der Waals surface area contributed by atoms with E-state index in [9.17, 15) is 13.2 Å². The highest BCUT2D eigenvalue weighted by Gasteiger charge is 2.19. The first-order valence-electron chi connectivity index (χ1n) is 8.85. The number of hydrogen-bond acceptors (Lipinski definition) is 6. The first-order valence-corrected chi connectivity index (χ1v) is 12.3. The monoisotopic (exact) mass is 484 g/mol. The van der Waals surface area contributed by atoms with Crippen LogP contribution < -0.4 is 9.62 Å². The van der Waals surface area contributed by atoms with Crippen molar-refractivity contribution in [2.24, 2.45) is 0 Å². The summed E-state index contributed by atoms with van der Waals surface area (Å²) in [6.07, 6.45) is 1.53. The second-order valence-electron chi connectivity index (χ2n) is 6.36. The number of nitrogens with one attached hydrogen (secondary N) is 1. The van der Waals surface area contributed by atoms with Gasteiger partial charge in [-0.05, 0) is 24.6 Å². The van der Waals surface area contributed by atoms with E-state index in [0.29, 0.717) is 27.3 Å². The van der Waals surface area contributed by atoms with Crippen LogP contribution in [0.5, 0.6) is 0 Å². The number of rotatable bonds is 8. The van der Waals surface area contributed by atoms with Crippen molar-refractivity contribution in [1.29, 1.82) is 0 Å². The Kier molecular flexibility index (Phi) is 7.30. The molecule has 1 aromatic heterocycles. The maximum atomic E-state index is 12.2. The van der Waals surface area contributed by atoms with E-state index in [0.717, 1.165) is 11.8 Å². The van der Waals surface area contributed by atoms with Crippen molar-refractivity contribution in [2.45, 2.75) is 12.8 Å². The van der Waals surface area contributed by atoms with Crippen LogP contribution in [-0.4, -0.2) is 37.3 Å². The van der Waals surface area contributed by atoms with Crippen molar-refractivity contribution in [3.05, 3.63) is 58.6 Å². The van der Waals surface area contributed by atoms with Crippen molar-refractivity contribution in [2.75, 3.05) is 22.4 Å². The number of amides is 1. The van der Waals surface area contributed by atoms with Gasteiger partial charge in [-0.25, -0.2) is 8.42 Å². The Hall–Kier alpha value is -2.20. The van der Waals surface area contributed by atoms with Crippen LogP contribution in [0, 0.1) is 0 Å². The van der Waals surface area contributed by atoms with E-state index in [1.165, 1.54) is 27.8 Å². The minimum absolute atomic E-state index is 0.119. The fraction of sp³-hybridized carbons (Fsp3) is 0.211. The van der Waals surface area contributed by atoms with E-state index >= 15 is 0 Å². The molecule has 0 aliphatic rings. The van der Waals surface area contributed by atoms with Gasteiger partial charge in [0.1, 0.15) is 5.01 Å². The van der Waals surface area contributed by atoms with Crippen LogP contribution in [-0.2, 0) is 14.8 Å². The van der Waals surface area contributed by atoms with E-state index in [2.05, 4.69) is 15.5 Å². The highest BCUT2D eigenvalue weighted by Crippen LogP contribution is 2.29. The molecule has 0 spiro atoms. The summed E-state index contributed by atoms with van der Waals surface area (Å²) in [4.78, 5) is 12.2. The number of sulfonamides is 1. The van der Waals surface area contributed by atoms with E-state index in [-0.39, 0.29) is 23.9 Å². The summed E-state index contributed by atoms with van der Waals surface area (Å²) in [5, 5.41) is 12.4. The molecule has 158 valence electrons. The molecule has 1 amide bonds. The van der Waals surface area contributed by atoms with Gasteiger partial charge in [0.2, 0.25) is 21.1 Å². The fourth-order valence-electron chi connectivity index (χ4n) is 2.66. The first kappa shape index (κ1) is 22.5. The van der Waals surface area contributed by atoms with Crippen LogP contribution in [0.2, 0.25) is 10.0 Å². The van der Waals surface area contributed by atoms with Crippen LogP contribution in [0.4, 0.5) is 10.8 Å². The highest BCUT2D eigenvalue weighted by molar-refractivity contribution is 7.92. The van der Waals surface area contributed by atoms with Crippen LogP contribution in [0.3, 0.4) is 0 Å². The summed E-state index contributed by atoms with van der Waals surface area (Å²) < 4.78 is 25.5. The van der Waals surface area contributed by atoms with Gasteiger partial charge < -0.3 is 5.32 Å². The number of nitrogens with zero attached hydrogens (tertiary/aromatic N) is 3. The van der Waals surface area contributed by atoms with Gasteiger partial charge in [0.05, 0.1) is 22.0 Å². The summed E-state index contributed by atoms with van der Waals surface area (Å²) in [6.45, 7) is 0.121. The maximum Gasteiger partial charge on any atom is 0.232 e. The van der Waals surface area contributed by atoms with Crippen molar-refractivity contribution >= 4 is 61.3 Å². The largest absolute Gasteiger partial charge is 0.301 e. The van der Waals surface area contributed by atoms with Crippen LogP contribution in [0.15, 0.2) is 48.5 Å².